The molecule has 102 valence electrons. The largest absolute Gasteiger partial charge is 0.379 e. The third-order valence-corrected chi connectivity index (χ3v) is 4.02. The number of benzene rings is 1. The molecule has 1 saturated heterocycles. The van der Waals surface area contributed by atoms with Gasteiger partial charge in [-0.15, -0.1) is 0 Å². The number of hydrogen-bond donors (Lipinski definition) is 0. The number of rotatable bonds is 2. The van der Waals surface area contributed by atoms with Gasteiger partial charge in [0, 0.05) is 24.7 Å². The highest BCUT2D eigenvalue weighted by Crippen LogP contribution is 2.21. The van der Waals surface area contributed by atoms with Crippen molar-refractivity contribution in [3.8, 4) is 0 Å². The molecule has 0 bridgehead atoms. The minimum absolute atomic E-state index is 0.442. The van der Waals surface area contributed by atoms with Crippen LogP contribution in [0, 0.1) is 0 Å². The summed E-state index contributed by atoms with van der Waals surface area (Å²) >= 11 is 6.02. The molecule has 0 aliphatic carbocycles. The molecule has 0 spiro atoms. The second kappa shape index (κ2) is 5.12. The summed E-state index contributed by atoms with van der Waals surface area (Å²) in [5.41, 5.74) is 2.09. The molecule has 0 unspecified atom stereocenters. The van der Waals surface area contributed by atoms with E-state index in [2.05, 4.69) is 23.4 Å². The van der Waals surface area contributed by atoms with E-state index in [1.54, 1.807) is 0 Å². The molecule has 1 aliphatic heterocycles. The number of hydrogen-bond acceptors (Lipinski definition) is 3. The van der Waals surface area contributed by atoms with Crippen molar-refractivity contribution in [2.45, 2.75) is 19.5 Å². The van der Waals surface area contributed by atoms with Gasteiger partial charge in [-0.25, -0.2) is 4.98 Å². The molecule has 0 N–H and O–H groups in total. The molecule has 3 rings (SSSR count). The number of ether oxygens (including phenoxy) is 1. The van der Waals surface area contributed by atoms with Gasteiger partial charge < -0.3 is 9.30 Å². The van der Waals surface area contributed by atoms with Crippen LogP contribution in [-0.4, -0.2) is 40.3 Å². The van der Waals surface area contributed by atoms with Crippen molar-refractivity contribution in [1.29, 1.82) is 0 Å². The molecule has 1 atom stereocenters. The number of fused-ring (bicyclic) bond motifs is 1. The summed E-state index contributed by atoms with van der Waals surface area (Å²) in [4.78, 5) is 7.11. The van der Waals surface area contributed by atoms with Crippen molar-refractivity contribution >= 4 is 22.6 Å². The zero-order chi connectivity index (χ0) is 13.4. The lowest BCUT2D eigenvalue weighted by Gasteiger charge is -2.32. The van der Waals surface area contributed by atoms with Crippen molar-refractivity contribution in [2.24, 2.45) is 7.05 Å². The fourth-order valence-electron chi connectivity index (χ4n) is 2.54. The van der Waals surface area contributed by atoms with Gasteiger partial charge in [-0.2, -0.15) is 0 Å². The fourth-order valence-corrected chi connectivity index (χ4v) is 2.71. The topological polar surface area (TPSA) is 30.3 Å². The fraction of sp³-hybridized carbons (Fsp3) is 0.500. The van der Waals surface area contributed by atoms with E-state index in [-0.39, 0.29) is 0 Å². The monoisotopic (exact) mass is 279 g/mol. The lowest BCUT2D eigenvalue weighted by atomic mass is 10.2. The van der Waals surface area contributed by atoms with Crippen molar-refractivity contribution < 1.29 is 4.74 Å². The SMILES string of the molecule is C[C@H]1COCCN1Cc1nc2cc(Cl)ccc2n1C. The molecular formula is C14H18ClN3O. The van der Waals surface area contributed by atoms with Gasteiger partial charge in [0.2, 0.25) is 0 Å². The van der Waals surface area contributed by atoms with Crippen LogP contribution in [0.25, 0.3) is 11.0 Å². The van der Waals surface area contributed by atoms with Crippen LogP contribution < -0.4 is 0 Å². The average Bonchev–Trinajstić information content (AvgIpc) is 2.68. The Morgan fingerprint density at radius 3 is 3.11 bits per heavy atom. The molecule has 0 radical (unpaired) electrons. The Morgan fingerprint density at radius 2 is 2.32 bits per heavy atom. The van der Waals surface area contributed by atoms with Crippen LogP contribution in [0.4, 0.5) is 0 Å². The number of nitrogens with zero attached hydrogens (tertiary/aromatic N) is 3. The molecule has 0 saturated carbocycles. The maximum atomic E-state index is 6.02. The van der Waals surface area contributed by atoms with Crippen molar-refractivity contribution in [3.63, 3.8) is 0 Å². The highest BCUT2D eigenvalue weighted by Gasteiger charge is 2.21. The zero-order valence-electron chi connectivity index (χ0n) is 11.3. The van der Waals surface area contributed by atoms with E-state index < -0.39 is 0 Å². The van der Waals surface area contributed by atoms with Crippen molar-refractivity contribution in [2.75, 3.05) is 19.8 Å². The number of halogens is 1. The highest BCUT2D eigenvalue weighted by molar-refractivity contribution is 6.31. The quantitative estimate of drug-likeness (QED) is 0.846. The Hall–Kier alpha value is -1.10. The van der Waals surface area contributed by atoms with Gasteiger partial charge in [0.25, 0.3) is 0 Å². The third kappa shape index (κ3) is 2.48. The second-order valence-corrected chi connectivity index (χ2v) is 5.55. The molecule has 2 aromatic rings. The van der Waals surface area contributed by atoms with E-state index in [0.29, 0.717) is 6.04 Å². The molecule has 2 heterocycles. The minimum Gasteiger partial charge on any atom is -0.379 e. The Bertz CT molecular complexity index is 596. The molecule has 1 aromatic carbocycles. The smallest absolute Gasteiger partial charge is 0.123 e. The van der Waals surface area contributed by atoms with E-state index in [1.807, 2.05) is 18.2 Å². The maximum Gasteiger partial charge on any atom is 0.123 e. The Labute approximate surface area is 117 Å². The number of aryl methyl sites for hydroxylation is 1. The van der Waals surface area contributed by atoms with Gasteiger partial charge in [-0.05, 0) is 25.1 Å². The van der Waals surface area contributed by atoms with Crippen LogP contribution in [0.2, 0.25) is 5.02 Å². The third-order valence-electron chi connectivity index (χ3n) is 3.79. The lowest BCUT2D eigenvalue weighted by Crippen LogP contribution is -2.43. The summed E-state index contributed by atoms with van der Waals surface area (Å²) < 4.78 is 7.61. The van der Waals surface area contributed by atoms with Gasteiger partial charge in [0.05, 0.1) is 30.8 Å². The first kappa shape index (κ1) is 12.9. The predicted molar refractivity (Wildman–Crippen MR) is 76.4 cm³/mol. The molecule has 1 fully saturated rings. The van der Waals surface area contributed by atoms with E-state index in [9.17, 15) is 0 Å². The van der Waals surface area contributed by atoms with Crippen molar-refractivity contribution in [1.82, 2.24) is 14.5 Å². The van der Waals surface area contributed by atoms with Crippen LogP contribution in [0.15, 0.2) is 18.2 Å². The summed E-state index contributed by atoms with van der Waals surface area (Å²) in [5.74, 6) is 1.08. The summed E-state index contributed by atoms with van der Waals surface area (Å²) in [6, 6.07) is 6.30. The van der Waals surface area contributed by atoms with E-state index in [0.717, 1.165) is 48.2 Å². The normalized spacial score (nSPS) is 21.1. The zero-order valence-corrected chi connectivity index (χ0v) is 12.0. The molecule has 19 heavy (non-hydrogen) atoms. The van der Waals surface area contributed by atoms with E-state index in [1.165, 1.54) is 0 Å². The molecule has 5 heteroatoms. The first-order valence-electron chi connectivity index (χ1n) is 6.58. The standard InChI is InChI=1S/C14H18ClN3O/c1-10-9-19-6-5-18(10)8-14-16-12-7-11(15)3-4-13(12)17(14)2/h3-4,7,10H,5-6,8-9H2,1-2H3/t10-/m0/s1. The molecule has 1 aliphatic rings. The maximum absolute atomic E-state index is 6.02. The van der Waals surface area contributed by atoms with Crippen LogP contribution in [0.5, 0.6) is 0 Å². The highest BCUT2D eigenvalue weighted by atomic mass is 35.5. The summed E-state index contributed by atoms with van der Waals surface area (Å²) in [6.45, 7) is 5.62. The average molecular weight is 280 g/mol. The summed E-state index contributed by atoms with van der Waals surface area (Å²) in [7, 11) is 2.06. The van der Waals surface area contributed by atoms with Gasteiger partial charge in [-0.3, -0.25) is 4.90 Å². The summed E-state index contributed by atoms with van der Waals surface area (Å²) in [6.07, 6.45) is 0. The van der Waals surface area contributed by atoms with E-state index >= 15 is 0 Å². The van der Waals surface area contributed by atoms with Crippen LogP contribution in [0.1, 0.15) is 12.7 Å². The number of aromatic nitrogens is 2. The van der Waals surface area contributed by atoms with E-state index in [4.69, 9.17) is 21.3 Å². The van der Waals surface area contributed by atoms with Crippen LogP contribution in [0.3, 0.4) is 0 Å². The Morgan fingerprint density at radius 1 is 1.47 bits per heavy atom. The van der Waals surface area contributed by atoms with Crippen LogP contribution in [-0.2, 0) is 18.3 Å². The van der Waals surface area contributed by atoms with Crippen LogP contribution >= 0.6 is 11.6 Å². The number of imidazole rings is 1. The van der Waals surface area contributed by atoms with Gasteiger partial charge in [0.15, 0.2) is 0 Å². The molecule has 0 amide bonds. The van der Waals surface area contributed by atoms with Gasteiger partial charge >= 0.3 is 0 Å². The van der Waals surface area contributed by atoms with Gasteiger partial charge in [0.1, 0.15) is 5.82 Å². The second-order valence-electron chi connectivity index (χ2n) is 5.11. The molecular weight excluding hydrogens is 262 g/mol. The Balaban J connectivity index is 1.90. The molecule has 1 aromatic heterocycles. The number of morpholine rings is 1. The lowest BCUT2D eigenvalue weighted by molar-refractivity contribution is -0.00576. The first-order chi connectivity index (χ1) is 9.15. The van der Waals surface area contributed by atoms with Gasteiger partial charge in [-0.1, -0.05) is 11.6 Å². The predicted octanol–water partition coefficient (Wildman–Crippen LogP) is 2.45. The molecule has 4 nitrogen and oxygen atoms in total. The Kier molecular flexibility index (Phi) is 3.48. The van der Waals surface area contributed by atoms with Crippen molar-refractivity contribution in [3.05, 3.63) is 29.0 Å². The summed E-state index contributed by atoms with van der Waals surface area (Å²) in [5, 5.41) is 0.733. The minimum atomic E-state index is 0.442. The first-order valence-corrected chi connectivity index (χ1v) is 6.95.